The van der Waals surface area contributed by atoms with Crippen molar-refractivity contribution in [3.05, 3.63) is 47.5 Å². The van der Waals surface area contributed by atoms with E-state index in [4.69, 9.17) is 0 Å². The van der Waals surface area contributed by atoms with Crippen molar-refractivity contribution in [2.24, 2.45) is 0 Å². The number of allylic oxidation sites excluding steroid dienone is 1. The molecule has 0 saturated carbocycles. The van der Waals surface area contributed by atoms with Gasteiger partial charge in [-0.3, -0.25) is 0 Å². The van der Waals surface area contributed by atoms with E-state index >= 15 is 0 Å². The van der Waals surface area contributed by atoms with Gasteiger partial charge in [0.05, 0.1) is 0 Å². The Morgan fingerprint density at radius 3 is 2.40 bits per heavy atom. The first-order valence-electron chi connectivity index (χ1n) is 8.09. The normalized spacial score (nSPS) is 12.3. The highest BCUT2D eigenvalue weighted by Gasteiger charge is 2.11. The molecule has 20 heavy (non-hydrogen) atoms. The molecule has 1 heteroatoms. The Balaban J connectivity index is 2.60. The van der Waals surface area contributed by atoms with Crippen molar-refractivity contribution >= 4 is 0 Å². The monoisotopic (exact) mass is 273 g/mol. The van der Waals surface area contributed by atoms with Gasteiger partial charge in [0.25, 0.3) is 0 Å². The van der Waals surface area contributed by atoms with Crippen molar-refractivity contribution in [3.63, 3.8) is 0 Å². The van der Waals surface area contributed by atoms with E-state index in [0.717, 1.165) is 13.0 Å². The Morgan fingerprint density at radius 2 is 1.80 bits per heavy atom. The first-order chi connectivity index (χ1) is 9.67. The molecule has 0 heterocycles. The van der Waals surface area contributed by atoms with Crippen LogP contribution in [-0.2, 0) is 0 Å². The standard InChI is InChI=1S/C19H31N/c1-5-7-8-9-10-11-19(20-12-6-2)18-14-16(3)13-17(4)15-18/h5,13-15,19-20H,1,6-12H2,2-4H3. The minimum atomic E-state index is 0.511. The highest BCUT2D eigenvalue weighted by Crippen LogP contribution is 2.22. The minimum absolute atomic E-state index is 0.511. The third kappa shape index (κ3) is 6.38. The van der Waals surface area contributed by atoms with Crippen molar-refractivity contribution < 1.29 is 0 Å². The molecule has 0 aromatic heterocycles. The van der Waals surface area contributed by atoms with Gasteiger partial charge in [0.1, 0.15) is 0 Å². The van der Waals surface area contributed by atoms with Crippen LogP contribution in [-0.4, -0.2) is 6.54 Å². The van der Waals surface area contributed by atoms with E-state index in [1.165, 1.54) is 48.8 Å². The van der Waals surface area contributed by atoms with Crippen LogP contribution in [0.1, 0.15) is 68.2 Å². The van der Waals surface area contributed by atoms with E-state index in [1.807, 2.05) is 6.08 Å². The largest absolute Gasteiger partial charge is 0.310 e. The quantitative estimate of drug-likeness (QED) is 0.439. The molecule has 1 nitrogen and oxygen atoms in total. The number of aryl methyl sites for hydroxylation is 2. The predicted molar refractivity (Wildman–Crippen MR) is 90.2 cm³/mol. The zero-order chi connectivity index (χ0) is 14.8. The first-order valence-corrected chi connectivity index (χ1v) is 8.09. The van der Waals surface area contributed by atoms with Crippen LogP contribution in [0.4, 0.5) is 0 Å². The summed E-state index contributed by atoms with van der Waals surface area (Å²) < 4.78 is 0. The predicted octanol–water partition coefficient (Wildman–Crippen LogP) is 5.48. The zero-order valence-electron chi connectivity index (χ0n) is 13.5. The van der Waals surface area contributed by atoms with Crippen LogP contribution in [0.5, 0.6) is 0 Å². The SMILES string of the molecule is C=CCCCCCC(NCCC)c1cc(C)cc(C)c1. The second-order valence-corrected chi connectivity index (χ2v) is 5.85. The molecular formula is C19H31N. The van der Waals surface area contributed by atoms with Crippen LogP contribution in [0, 0.1) is 13.8 Å². The summed E-state index contributed by atoms with van der Waals surface area (Å²) in [5.41, 5.74) is 4.20. The minimum Gasteiger partial charge on any atom is -0.310 e. The van der Waals surface area contributed by atoms with Gasteiger partial charge in [0.2, 0.25) is 0 Å². The van der Waals surface area contributed by atoms with Gasteiger partial charge in [-0.1, -0.05) is 55.2 Å². The van der Waals surface area contributed by atoms with Crippen LogP contribution in [0.15, 0.2) is 30.9 Å². The highest BCUT2D eigenvalue weighted by molar-refractivity contribution is 5.30. The third-order valence-electron chi connectivity index (χ3n) is 3.69. The van der Waals surface area contributed by atoms with E-state index in [-0.39, 0.29) is 0 Å². The summed E-state index contributed by atoms with van der Waals surface area (Å²) in [5, 5.41) is 3.71. The number of nitrogens with one attached hydrogen (secondary N) is 1. The zero-order valence-corrected chi connectivity index (χ0v) is 13.5. The molecule has 0 spiro atoms. The molecule has 0 aliphatic heterocycles. The van der Waals surface area contributed by atoms with Gasteiger partial charge in [0.15, 0.2) is 0 Å². The van der Waals surface area contributed by atoms with Crippen LogP contribution < -0.4 is 5.32 Å². The number of hydrogen-bond acceptors (Lipinski definition) is 1. The molecule has 0 saturated heterocycles. The number of rotatable bonds is 10. The maximum absolute atomic E-state index is 3.79. The summed E-state index contributed by atoms with van der Waals surface area (Å²) in [6.07, 6.45) is 9.48. The lowest BCUT2D eigenvalue weighted by Crippen LogP contribution is -2.22. The lowest BCUT2D eigenvalue weighted by atomic mass is 9.96. The van der Waals surface area contributed by atoms with Crippen LogP contribution >= 0.6 is 0 Å². The molecule has 0 radical (unpaired) electrons. The highest BCUT2D eigenvalue weighted by atomic mass is 14.9. The fraction of sp³-hybridized carbons (Fsp3) is 0.579. The van der Waals surface area contributed by atoms with Gasteiger partial charge in [0, 0.05) is 6.04 Å². The Kier molecular flexibility index (Phi) is 8.29. The van der Waals surface area contributed by atoms with E-state index in [2.05, 4.69) is 50.9 Å². The topological polar surface area (TPSA) is 12.0 Å². The van der Waals surface area contributed by atoms with Crippen molar-refractivity contribution in [2.45, 2.75) is 65.3 Å². The summed E-state index contributed by atoms with van der Waals surface area (Å²) in [4.78, 5) is 0. The molecule has 112 valence electrons. The van der Waals surface area contributed by atoms with E-state index in [9.17, 15) is 0 Å². The molecule has 0 fully saturated rings. The Morgan fingerprint density at radius 1 is 1.10 bits per heavy atom. The van der Waals surface area contributed by atoms with Crippen LogP contribution in [0.3, 0.4) is 0 Å². The molecule has 1 aromatic rings. The second-order valence-electron chi connectivity index (χ2n) is 5.85. The Hall–Kier alpha value is -1.08. The summed E-state index contributed by atoms with van der Waals surface area (Å²) in [5.74, 6) is 0. The van der Waals surface area contributed by atoms with Crippen molar-refractivity contribution in [1.29, 1.82) is 0 Å². The Labute approximate surface area is 125 Å². The van der Waals surface area contributed by atoms with Crippen molar-refractivity contribution in [2.75, 3.05) is 6.54 Å². The molecule has 1 atom stereocenters. The van der Waals surface area contributed by atoms with Gasteiger partial charge >= 0.3 is 0 Å². The summed E-state index contributed by atoms with van der Waals surface area (Å²) in [6, 6.07) is 7.44. The van der Waals surface area contributed by atoms with Gasteiger partial charge in [-0.25, -0.2) is 0 Å². The average molecular weight is 273 g/mol. The maximum atomic E-state index is 3.79. The number of benzene rings is 1. The van der Waals surface area contributed by atoms with Crippen molar-refractivity contribution in [1.82, 2.24) is 5.32 Å². The Bertz CT molecular complexity index is 375. The van der Waals surface area contributed by atoms with E-state index in [0.29, 0.717) is 6.04 Å². The van der Waals surface area contributed by atoms with E-state index in [1.54, 1.807) is 0 Å². The van der Waals surface area contributed by atoms with Gasteiger partial charge in [-0.05, 0) is 51.6 Å². The fourth-order valence-electron chi connectivity index (χ4n) is 2.73. The number of hydrogen-bond donors (Lipinski definition) is 1. The number of unbranched alkanes of at least 4 members (excludes halogenated alkanes) is 3. The molecule has 1 unspecified atom stereocenters. The molecule has 1 rings (SSSR count). The molecule has 0 bridgehead atoms. The average Bonchev–Trinajstić information content (AvgIpc) is 2.40. The van der Waals surface area contributed by atoms with Gasteiger partial charge < -0.3 is 5.32 Å². The smallest absolute Gasteiger partial charge is 0.0320 e. The summed E-state index contributed by atoms with van der Waals surface area (Å²) in [7, 11) is 0. The molecule has 0 aliphatic rings. The van der Waals surface area contributed by atoms with Gasteiger partial charge in [-0.15, -0.1) is 6.58 Å². The van der Waals surface area contributed by atoms with Crippen LogP contribution in [0.25, 0.3) is 0 Å². The van der Waals surface area contributed by atoms with Crippen LogP contribution in [0.2, 0.25) is 0 Å². The molecule has 0 amide bonds. The molecular weight excluding hydrogens is 242 g/mol. The summed E-state index contributed by atoms with van der Waals surface area (Å²) >= 11 is 0. The van der Waals surface area contributed by atoms with Gasteiger partial charge in [-0.2, -0.15) is 0 Å². The second kappa shape index (κ2) is 9.77. The summed E-state index contributed by atoms with van der Waals surface area (Å²) in [6.45, 7) is 11.5. The first kappa shape index (κ1) is 17.0. The lowest BCUT2D eigenvalue weighted by molar-refractivity contribution is 0.472. The lowest BCUT2D eigenvalue weighted by Gasteiger charge is -2.20. The van der Waals surface area contributed by atoms with E-state index < -0.39 is 0 Å². The third-order valence-corrected chi connectivity index (χ3v) is 3.69. The maximum Gasteiger partial charge on any atom is 0.0320 e. The molecule has 0 aliphatic carbocycles. The van der Waals surface area contributed by atoms with Crippen molar-refractivity contribution in [3.8, 4) is 0 Å². The fourth-order valence-corrected chi connectivity index (χ4v) is 2.73. The molecule has 1 N–H and O–H groups in total. The molecule has 1 aromatic carbocycles.